The second-order valence-corrected chi connectivity index (χ2v) is 6.85. The second-order valence-electron chi connectivity index (χ2n) is 6.85. The van der Waals surface area contributed by atoms with Gasteiger partial charge in [0.2, 0.25) is 0 Å². The van der Waals surface area contributed by atoms with Crippen molar-refractivity contribution < 1.29 is 28.5 Å². The molecule has 0 bridgehead atoms. The lowest BCUT2D eigenvalue weighted by atomic mass is 10.1. The van der Waals surface area contributed by atoms with Crippen LogP contribution in [-0.2, 0) is 6.18 Å². The van der Waals surface area contributed by atoms with Crippen molar-refractivity contribution in [1.29, 1.82) is 0 Å². The Morgan fingerprint density at radius 2 is 1.80 bits per heavy atom. The predicted octanol–water partition coefficient (Wildman–Crippen LogP) is 0.613. The van der Waals surface area contributed by atoms with Gasteiger partial charge in [-0.15, -0.1) is 0 Å². The number of alkyl halides is 3. The lowest BCUT2D eigenvalue weighted by Gasteiger charge is -2.38. The number of nitrogens with two attached hydrogens (primary N) is 1. The molecule has 0 saturated carbocycles. The van der Waals surface area contributed by atoms with Crippen molar-refractivity contribution in [2.24, 2.45) is 0 Å². The lowest BCUT2D eigenvalue weighted by Crippen LogP contribution is -2.53. The number of aliphatic hydroxyl groups is 3. The highest BCUT2D eigenvalue weighted by Crippen LogP contribution is 2.29. The molecule has 30 heavy (non-hydrogen) atoms. The molecule has 0 radical (unpaired) electrons. The molecule has 1 unspecified atom stereocenters. The van der Waals surface area contributed by atoms with Gasteiger partial charge in [0.05, 0.1) is 17.9 Å². The molecule has 1 saturated heterocycles. The zero-order valence-corrected chi connectivity index (χ0v) is 15.9. The molecule has 1 fully saturated rings. The molecule has 0 spiro atoms. The van der Waals surface area contributed by atoms with Gasteiger partial charge in [-0.3, -0.25) is 4.90 Å². The molecule has 1 aliphatic heterocycles. The number of aromatic nitrogens is 2. The smallest absolute Gasteiger partial charge is 0.396 e. The molecule has 0 aromatic carbocycles. The second kappa shape index (κ2) is 9.00. The van der Waals surface area contributed by atoms with Gasteiger partial charge < -0.3 is 31.3 Å². The zero-order valence-electron chi connectivity index (χ0n) is 15.9. The first-order chi connectivity index (χ1) is 14.2. The Hall–Kier alpha value is -2.67. The maximum atomic E-state index is 12.6. The maximum absolute atomic E-state index is 12.6. The van der Waals surface area contributed by atoms with E-state index in [2.05, 4.69) is 15.3 Å². The number of nitrogens with zero attached hydrogens (tertiary/aromatic N) is 4. The molecule has 164 valence electrons. The minimum atomic E-state index is -4.47. The van der Waals surface area contributed by atoms with E-state index in [9.17, 15) is 23.4 Å². The predicted molar refractivity (Wildman–Crippen MR) is 103 cm³/mol. The number of anilines is 3. The van der Waals surface area contributed by atoms with E-state index in [0.717, 1.165) is 12.1 Å². The molecule has 6 N–H and O–H groups in total. The summed E-state index contributed by atoms with van der Waals surface area (Å²) >= 11 is 0. The largest absolute Gasteiger partial charge is 0.417 e. The van der Waals surface area contributed by atoms with Crippen LogP contribution in [-0.4, -0.2) is 69.3 Å². The minimum absolute atomic E-state index is 0.127. The standard InChI is InChI=1S/C18H23F3N6O3/c19-18(20,21)12-1-2-15(23-9-12)25-17(30)27-5-3-26(4-6-27)16-13(22)7-11(8-24-16)14(29)10-28/h1-2,7-9,14,17,28-30H,3-6,10,22H2,(H,23,25)/t14-,17?/m1/s1. The summed E-state index contributed by atoms with van der Waals surface area (Å²) in [6, 6.07) is 3.61. The molecular weight excluding hydrogens is 405 g/mol. The first-order valence-electron chi connectivity index (χ1n) is 9.20. The maximum Gasteiger partial charge on any atom is 0.417 e. The van der Waals surface area contributed by atoms with Crippen molar-refractivity contribution in [3.63, 3.8) is 0 Å². The van der Waals surface area contributed by atoms with Gasteiger partial charge in [0.1, 0.15) is 11.9 Å². The van der Waals surface area contributed by atoms with E-state index >= 15 is 0 Å². The van der Waals surface area contributed by atoms with E-state index < -0.39 is 30.8 Å². The van der Waals surface area contributed by atoms with Gasteiger partial charge in [0, 0.05) is 44.1 Å². The number of nitrogens with one attached hydrogen (secondary N) is 1. The van der Waals surface area contributed by atoms with Crippen molar-refractivity contribution >= 4 is 17.3 Å². The highest BCUT2D eigenvalue weighted by atomic mass is 19.4. The van der Waals surface area contributed by atoms with Crippen LogP contribution in [0.3, 0.4) is 0 Å². The van der Waals surface area contributed by atoms with E-state index in [1.165, 1.54) is 6.20 Å². The Morgan fingerprint density at radius 1 is 1.10 bits per heavy atom. The van der Waals surface area contributed by atoms with Crippen molar-refractivity contribution in [1.82, 2.24) is 14.9 Å². The van der Waals surface area contributed by atoms with Crippen LogP contribution in [0.5, 0.6) is 0 Å². The topological polar surface area (TPSA) is 131 Å². The van der Waals surface area contributed by atoms with Gasteiger partial charge in [-0.05, 0) is 18.2 Å². The summed E-state index contributed by atoms with van der Waals surface area (Å²) in [6.07, 6.45) is -4.48. The summed E-state index contributed by atoms with van der Waals surface area (Å²) in [5, 5.41) is 31.7. The number of hydrogen-bond donors (Lipinski definition) is 5. The van der Waals surface area contributed by atoms with Gasteiger partial charge in [-0.2, -0.15) is 13.2 Å². The summed E-state index contributed by atoms with van der Waals surface area (Å²) < 4.78 is 37.8. The number of nitrogen functional groups attached to an aromatic ring is 1. The third-order valence-corrected chi connectivity index (χ3v) is 4.80. The Bertz CT molecular complexity index is 844. The molecule has 1 aliphatic rings. The number of halogens is 3. The third kappa shape index (κ3) is 5.08. The quantitative estimate of drug-likeness (QED) is 0.420. The van der Waals surface area contributed by atoms with Crippen molar-refractivity contribution in [3.05, 3.63) is 41.7 Å². The number of pyridine rings is 2. The Balaban J connectivity index is 1.56. The number of piperazine rings is 1. The van der Waals surface area contributed by atoms with Gasteiger partial charge in [-0.1, -0.05) is 0 Å². The van der Waals surface area contributed by atoms with E-state index in [-0.39, 0.29) is 5.82 Å². The highest BCUT2D eigenvalue weighted by Gasteiger charge is 2.31. The number of hydrogen-bond acceptors (Lipinski definition) is 9. The fourth-order valence-electron chi connectivity index (χ4n) is 3.09. The fraction of sp³-hybridized carbons (Fsp3) is 0.444. The molecule has 0 aliphatic carbocycles. The lowest BCUT2D eigenvalue weighted by molar-refractivity contribution is -0.137. The van der Waals surface area contributed by atoms with Crippen LogP contribution in [0.15, 0.2) is 30.6 Å². The highest BCUT2D eigenvalue weighted by molar-refractivity contribution is 5.63. The Morgan fingerprint density at radius 3 is 2.33 bits per heavy atom. The Kier molecular flexibility index (Phi) is 6.61. The minimum Gasteiger partial charge on any atom is -0.396 e. The molecule has 3 heterocycles. The van der Waals surface area contributed by atoms with Crippen LogP contribution in [0.1, 0.15) is 17.2 Å². The average Bonchev–Trinajstić information content (AvgIpc) is 2.73. The molecule has 0 amide bonds. The van der Waals surface area contributed by atoms with Crippen LogP contribution in [0, 0.1) is 0 Å². The first kappa shape index (κ1) is 22.0. The number of rotatable bonds is 6. The summed E-state index contributed by atoms with van der Waals surface area (Å²) in [5.74, 6) is 0.664. The molecule has 12 heteroatoms. The first-order valence-corrected chi connectivity index (χ1v) is 9.20. The van der Waals surface area contributed by atoms with E-state index in [1.807, 2.05) is 4.90 Å². The third-order valence-electron chi connectivity index (χ3n) is 4.80. The number of aliphatic hydroxyl groups excluding tert-OH is 3. The van der Waals surface area contributed by atoms with Crippen molar-refractivity contribution in [3.8, 4) is 0 Å². The van der Waals surface area contributed by atoms with Gasteiger partial charge in [-0.25, -0.2) is 9.97 Å². The van der Waals surface area contributed by atoms with Gasteiger partial charge in [0.15, 0.2) is 12.2 Å². The van der Waals surface area contributed by atoms with Crippen LogP contribution >= 0.6 is 0 Å². The van der Waals surface area contributed by atoms with Crippen LogP contribution in [0.2, 0.25) is 0 Å². The molecule has 2 aromatic heterocycles. The normalized spacial score (nSPS) is 17.6. The summed E-state index contributed by atoms with van der Waals surface area (Å²) in [5.41, 5.74) is 5.94. The summed E-state index contributed by atoms with van der Waals surface area (Å²) in [4.78, 5) is 11.6. The van der Waals surface area contributed by atoms with Crippen LogP contribution in [0.4, 0.5) is 30.5 Å². The van der Waals surface area contributed by atoms with E-state index in [4.69, 9.17) is 10.8 Å². The fourth-order valence-corrected chi connectivity index (χ4v) is 3.09. The SMILES string of the molecule is Nc1cc([C@H](O)CO)cnc1N1CCN(C(O)Nc2ccc(C(F)(F)F)cn2)CC1. The van der Waals surface area contributed by atoms with Crippen LogP contribution < -0.4 is 16.0 Å². The molecule has 3 rings (SSSR count). The van der Waals surface area contributed by atoms with E-state index in [1.54, 1.807) is 11.0 Å². The van der Waals surface area contributed by atoms with Crippen molar-refractivity contribution in [2.75, 3.05) is 48.7 Å². The monoisotopic (exact) mass is 428 g/mol. The van der Waals surface area contributed by atoms with Crippen molar-refractivity contribution in [2.45, 2.75) is 18.6 Å². The Labute approximate surface area is 170 Å². The average molecular weight is 428 g/mol. The van der Waals surface area contributed by atoms with Gasteiger partial charge in [0.25, 0.3) is 0 Å². The zero-order chi connectivity index (χ0) is 21.9. The molecule has 2 aromatic rings. The molecular formula is C18H23F3N6O3. The van der Waals surface area contributed by atoms with Gasteiger partial charge >= 0.3 is 6.18 Å². The van der Waals surface area contributed by atoms with E-state index in [0.29, 0.717) is 49.4 Å². The van der Waals surface area contributed by atoms with Crippen LogP contribution in [0.25, 0.3) is 0 Å². The molecule has 9 nitrogen and oxygen atoms in total. The summed E-state index contributed by atoms with van der Waals surface area (Å²) in [6.45, 7) is 1.45. The molecule has 2 atom stereocenters. The summed E-state index contributed by atoms with van der Waals surface area (Å²) in [7, 11) is 0.